The van der Waals surface area contributed by atoms with Crippen molar-refractivity contribution in [2.45, 2.75) is 45.6 Å². The zero-order valence-corrected chi connectivity index (χ0v) is 15.6. The lowest BCUT2D eigenvalue weighted by molar-refractivity contribution is 0.611. The zero-order valence-electron chi connectivity index (χ0n) is 14.7. The number of para-hydroxylation sites is 1. The van der Waals surface area contributed by atoms with Crippen LogP contribution in [-0.2, 0) is 19.4 Å². The smallest absolute Gasteiger partial charge is 0.157 e. The number of furan rings is 1. The van der Waals surface area contributed by atoms with Gasteiger partial charge in [-0.1, -0.05) is 24.6 Å². The van der Waals surface area contributed by atoms with Gasteiger partial charge in [0.2, 0.25) is 0 Å². The molecule has 1 aliphatic rings. The zero-order chi connectivity index (χ0) is 17.5. The fourth-order valence-corrected chi connectivity index (χ4v) is 4.50. The number of hydrogen-bond acceptors (Lipinski definition) is 5. The molecule has 0 saturated carbocycles. The lowest BCUT2D eigenvalue weighted by atomic mass is 10.1. The minimum Gasteiger partial charge on any atom is -0.454 e. The molecule has 0 saturated heterocycles. The van der Waals surface area contributed by atoms with Crippen molar-refractivity contribution in [1.82, 2.24) is 19.7 Å². The molecule has 0 atom stereocenters. The first kappa shape index (κ1) is 15.8. The largest absolute Gasteiger partial charge is 0.454 e. The van der Waals surface area contributed by atoms with Crippen molar-refractivity contribution in [3.8, 4) is 11.5 Å². The van der Waals surface area contributed by atoms with Crippen LogP contribution in [0.4, 0.5) is 0 Å². The summed E-state index contributed by atoms with van der Waals surface area (Å²) in [7, 11) is 0. The van der Waals surface area contributed by atoms with Gasteiger partial charge in [0.1, 0.15) is 27.9 Å². The average molecular weight is 364 g/mol. The molecule has 1 aliphatic heterocycles. The van der Waals surface area contributed by atoms with Crippen molar-refractivity contribution < 1.29 is 4.42 Å². The third kappa shape index (κ3) is 2.65. The summed E-state index contributed by atoms with van der Waals surface area (Å²) in [6.45, 7) is 3.12. The molecule has 26 heavy (non-hydrogen) atoms. The van der Waals surface area contributed by atoms with Gasteiger partial charge in [-0.25, -0.2) is 4.98 Å². The highest BCUT2D eigenvalue weighted by Crippen LogP contribution is 2.33. The molecule has 132 valence electrons. The maximum Gasteiger partial charge on any atom is 0.157 e. The van der Waals surface area contributed by atoms with Crippen LogP contribution in [0.2, 0.25) is 0 Å². The Bertz CT molecular complexity index is 1070. The Balaban J connectivity index is 1.45. The number of aromatic nitrogens is 4. The standard InChI is InChI=1S/C20H20N4OS/c1-13-14-7-4-5-8-16(14)25-20(13)15-12-26-19(21-15)11-18-23-22-17-9-3-2-6-10-24(17)18/h4-5,7-8,12H,2-3,6,9-11H2,1H3. The Hall–Kier alpha value is -2.47. The fraction of sp³-hybridized carbons (Fsp3) is 0.350. The normalized spacial score (nSPS) is 14.5. The van der Waals surface area contributed by atoms with E-state index in [1.165, 1.54) is 19.3 Å². The molecule has 0 aliphatic carbocycles. The SMILES string of the molecule is Cc1c(-c2csc(Cc3nnc4n3CCCCC4)n2)oc2ccccc12. The second-order valence-corrected chi connectivity index (χ2v) is 7.79. The molecule has 3 aromatic heterocycles. The van der Waals surface area contributed by atoms with Gasteiger partial charge in [-0.05, 0) is 25.8 Å². The first-order valence-corrected chi connectivity index (χ1v) is 10.0. The average Bonchev–Trinajstić information content (AvgIpc) is 3.30. The number of aryl methyl sites for hydroxylation is 2. The summed E-state index contributed by atoms with van der Waals surface area (Å²) in [4.78, 5) is 4.83. The summed E-state index contributed by atoms with van der Waals surface area (Å²) in [6.07, 6.45) is 5.46. The number of benzene rings is 1. The molecule has 4 heterocycles. The number of fused-ring (bicyclic) bond motifs is 2. The maximum atomic E-state index is 6.05. The molecular formula is C20H20N4OS. The van der Waals surface area contributed by atoms with Crippen molar-refractivity contribution in [1.29, 1.82) is 0 Å². The second-order valence-electron chi connectivity index (χ2n) is 6.85. The molecule has 0 N–H and O–H groups in total. The van der Waals surface area contributed by atoms with Crippen molar-refractivity contribution in [3.05, 3.63) is 51.9 Å². The summed E-state index contributed by atoms with van der Waals surface area (Å²) in [5.41, 5.74) is 2.97. The Morgan fingerprint density at radius 2 is 2.08 bits per heavy atom. The first-order valence-electron chi connectivity index (χ1n) is 9.13. The van der Waals surface area contributed by atoms with Gasteiger partial charge in [-0.2, -0.15) is 0 Å². The van der Waals surface area contributed by atoms with Crippen molar-refractivity contribution in [3.63, 3.8) is 0 Å². The summed E-state index contributed by atoms with van der Waals surface area (Å²) in [5.74, 6) is 3.03. The van der Waals surface area contributed by atoms with Gasteiger partial charge in [-0.15, -0.1) is 21.5 Å². The Kier molecular flexibility index (Phi) is 3.85. The van der Waals surface area contributed by atoms with Crippen LogP contribution in [-0.4, -0.2) is 19.7 Å². The van der Waals surface area contributed by atoms with E-state index < -0.39 is 0 Å². The van der Waals surface area contributed by atoms with Crippen LogP contribution >= 0.6 is 11.3 Å². The number of thiazole rings is 1. The molecule has 5 rings (SSSR count). The van der Waals surface area contributed by atoms with E-state index in [1.807, 2.05) is 18.2 Å². The molecular weight excluding hydrogens is 344 g/mol. The fourth-order valence-electron chi connectivity index (χ4n) is 3.73. The van der Waals surface area contributed by atoms with Gasteiger partial charge in [0.05, 0.1) is 6.42 Å². The van der Waals surface area contributed by atoms with Crippen LogP contribution in [0, 0.1) is 6.92 Å². The molecule has 6 heteroatoms. The Morgan fingerprint density at radius 3 is 3.00 bits per heavy atom. The second kappa shape index (κ2) is 6.36. The molecule has 0 amide bonds. The van der Waals surface area contributed by atoms with Gasteiger partial charge in [0.25, 0.3) is 0 Å². The monoisotopic (exact) mass is 364 g/mol. The highest BCUT2D eigenvalue weighted by molar-refractivity contribution is 7.10. The van der Waals surface area contributed by atoms with E-state index >= 15 is 0 Å². The van der Waals surface area contributed by atoms with E-state index in [9.17, 15) is 0 Å². The van der Waals surface area contributed by atoms with E-state index in [2.05, 4.69) is 33.1 Å². The van der Waals surface area contributed by atoms with Crippen LogP contribution in [0.1, 0.15) is 41.5 Å². The van der Waals surface area contributed by atoms with Gasteiger partial charge in [0, 0.05) is 29.3 Å². The first-order chi connectivity index (χ1) is 12.8. The van der Waals surface area contributed by atoms with Gasteiger partial charge in [0.15, 0.2) is 5.76 Å². The van der Waals surface area contributed by atoms with E-state index in [0.717, 1.165) is 64.0 Å². The van der Waals surface area contributed by atoms with Crippen LogP contribution in [0.25, 0.3) is 22.4 Å². The quantitative estimate of drug-likeness (QED) is 0.525. The summed E-state index contributed by atoms with van der Waals surface area (Å²) in [5, 5.41) is 13.1. The third-order valence-electron chi connectivity index (χ3n) is 5.12. The lowest BCUT2D eigenvalue weighted by Crippen LogP contribution is -2.06. The number of rotatable bonds is 3. The highest BCUT2D eigenvalue weighted by Gasteiger charge is 2.18. The Labute approximate surface area is 155 Å². The van der Waals surface area contributed by atoms with Gasteiger partial charge >= 0.3 is 0 Å². The van der Waals surface area contributed by atoms with E-state index in [1.54, 1.807) is 11.3 Å². The predicted molar refractivity (Wildman–Crippen MR) is 102 cm³/mol. The van der Waals surface area contributed by atoms with Gasteiger partial charge in [-0.3, -0.25) is 0 Å². The van der Waals surface area contributed by atoms with E-state index in [4.69, 9.17) is 9.40 Å². The number of hydrogen-bond donors (Lipinski definition) is 0. The third-order valence-corrected chi connectivity index (χ3v) is 5.97. The van der Waals surface area contributed by atoms with Crippen molar-refractivity contribution in [2.75, 3.05) is 0 Å². The topological polar surface area (TPSA) is 56.7 Å². The Morgan fingerprint density at radius 1 is 1.15 bits per heavy atom. The minimum absolute atomic E-state index is 0.733. The van der Waals surface area contributed by atoms with E-state index in [-0.39, 0.29) is 0 Å². The van der Waals surface area contributed by atoms with Crippen LogP contribution < -0.4 is 0 Å². The van der Waals surface area contributed by atoms with Gasteiger partial charge < -0.3 is 8.98 Å². The number of nitrogens with zero attached hydrogens (tertiary/aromatic N) is 4. The molecule has 1 aromatic carbocycles. The van der Waals surface area contributed by atoms with Crippen LogP contribution in [0.3, 0.4) is 0 Å². The summed E-state index contributed by atoms with van der Waals surface area (Å²) in [6, 6.07) is 8.14. The maximum absolute atomic E-state index is 6.05. The molecule has 0 unspecified atom stereocenters. The summed E-state index contributed by atoms with van der Waals surface area (Å²) >= 11 is 1.66. The predicted octanol–water partition coefficient (Wildman–Crippen LogP) is 4.77. The highest BCUT2D eigenvalue weighted by atomic mass is 32.1. The molecule has 0 radical (unpaired) electrons. The lowest BCUT2D eigenvalue weighted by Gasteiger charge is -2.05. The van der Waals surface area contributed by atoms with E-state index in [0.29, 0.717) is 0 Å². The summed E-state index contributed by atoms with van der Waals surface area (Å²) < 4.78 is 8.34. The van der Waals surface area contributed by atoms with Crippen LogP contribution in [0.15, 0.2) is 34.1 Å². The van der Waals surface area contributed by atoms with Crippen molar-refractivity contribution >= 4 is 22.3 Å². The van der Waals surface area contributed by atoms with Crippen molar-refractivity contribution in [2.24, 2.45) is 0 Å². The van der Waals surface area contributed by atoms with Crippen LogP contribution in [0.5, 0.6) is 0 Å². The molecule has 0 spiro atoms. The molecule has 0 bridgehead atoms. The molecule has 5 nitrogen and oxygen atoms in total. The minimum atomic E-state index is 0.733. The molecule has 4 aromatic rings. The molecule has 0 fully saturated rings.